The minimum absolute atomic E-state index is 0.0491. The highest BCUT2D eigenvalue weighted by atomic mass is 16.3. The van der Waals surface area contributed by atoms with Crippen molar-refractivity contribution in [3.63, 3.8) is 0 Å². The predicted octanol–water partition coefficient (Wildman–Crippen LogP) is 0.227. The number of amides is 1. The van der Waals surface area contributed by atoms with Gasteiger partial charge in [-0.25, -0.2) is 0 Å². The number of nitrogens with zero attached hydrogens (tertiary/aromatic N) is 3. The largest absolute Gasteiger partial charge is 0.397 e. The summed E-state index contributed by atoms with van der Waals surface area (Å²) in [6.45, 7) is 3.83. The number of aryl methyl sites for hydroxylation is 1. The Labute approximate surface area is 119 Å². The highest BCUT2D eigenvalue weighted by Gasteiger charge is 2.35. The zero-order valence-corrected chi connectivity index (χ0v) is 12.4. The fraction of sp³-hybridized carbons (Fsp3) is 0.643. The van der Waals surface area contributed by atoms with Crippen molar-refractivity contribution >= 4 is 11.6 Å². The zero-order chi connectivity index (χ0) is 14.9. The highest BCUT2D eigenvalue weighted by Crippen LogP contribution is 2.22. The molecule has 1 aromatic heterocycles. The topological polar surface area (TPSA) is 74.7 Å². The SMILES string of the molecule is CCn1cc(N)cc1C(=O)N1CC(O)CC1CN(C)C. The first-order valence-corrected chi connectivity index (χ1v) is 7.01. The Morgan fingerprint density at radius 3 is 2.85 bits per heavy atom. The molecule has 2 rings (SSSR count). The van der Waals surface area contributed by atoms with Crippen molar-refractivity contribution < 1.29 is 9.90 Å². The Morgan fingerprint density at radius 2 is 2.25 bits per heavy atom. The Bertz CT molecular complexity index is 484. The molecule has 1 aliphatic heterocycles. The lowest BCUT2D eigenvalue weighted by molar-refractivity contribution is 0.0688. The first-order chi connectivity index (χ1) is 9.42. The fourth-order valence-corrected chi connectivity index (χ4v) is 2.86. The number of aromatic nitrogens is 1. The van der Waals surface area contributed by atoms with E-state index in [1.807, 2.05) is 30.5 Å². The van der Waals surface area contributed by atoms with E-state index in [9.17, 15) is 9.90 Å². The van der Waals surface area contributed by atoms with Gasteiger partial charge in [-0.15, -0.1) is 0 Å². The molecule has 6 heteroatoms. The average Bonchev–Trinajstić information content (AvgIpc) is 2.91. The van der Waals surface area contributed by atoms with E-state index < -0.39 is 6.10 Å². The summed E-state index contributed by atoms with van der Waals surface area (Å²) in [6.07, 6.45) is 1.97. The maximum atomic E-state index is 12.7. The number of carbonyl (C=O) groups is 1. The minimum atomic E-state index is -0.439. The van der Waals surface area contributed by atoms with Crippen LogP contribution in [0.3, 0.4) is 0 Å². The lowest BCUT2D eigenvalue weighted by Gasteiger charge is -2.27. The van der Waals surface area contributed by atoms with E-state index in [1.165, 1.54) is 0 Å². The summed E-state index contributed by atoms with van der Waals surface area (Å²) in [4.78, 5) is 16.5. The summed E-state index contributed by atoms with van der Waals surface area (Å²) in [6, 6.07) is 1.76. The van der Waals surface area contributed by atoms with Crippen LogP contribution in [0.4, 0.5) is 5.69 Å². The molecule has 2 atom stereocenters. The van der Waals surface area contributed by atoms with Crippen molar-refractivity contribution in [2.24, 2.45) is 0 Å². The second kappa shape index (κ2) is 5.85. The van der Waals surface area contributed by atoms with Crippen molar-refractivity contribution in [2.45, 2.75) is 32.0 Å². The van der Waals surface area contributed by atoms with Gasteiger partial charge in [0.25, 0.3) is 5.91 Å². The molecule has 20 heavy (non-hydrogen) atoms. The number of nitrogens with two attached hydrogens (primary N) is 1. The van der Waals surface area contributed by atoms with Crippen LogP contribution in [0.25, 0.3) is 0 Å². The molecule has 0 bridgehead atoms. The van der Waals surface area contributed by atoms with Gasteiger partial charge in [-0.3, -0.25) is 4.79 Å². The number of hydrogen-bond donors (Lipinski definition) is 2. The molecule has 1 amide bonds. The van der Waals surface area contributed by atoms with Gasteiger partial charge in [0.15, 0.2) is 0 Å². The Kier molecular flexibility index (Phi) is 4.35. The molecule has 1 saturated heterocycles. The van der Waals surface area contributed by atoms with Gasteiger partial charge in [0.05, 0.1) is 11.8 Å². The van der Waals surface area contributed by atoms with E-state index in [2.05, 4.69) is 0 Å². The smallest absolute Gasteiger partial charge is 0.270 e. The van der Waals surface area contributed by atoms with E-state index >= 15 is 0 Å². The Morgan fingerprint density at radius 1 is 1.55 bits per heavy atom. The van der Waals surface area contributed by atoms with E-state index in [0.717, 1.165) is 6.54 Å². The number of aliphatic hydroxyl groups excluding tert-OH is 1. The second-order valence-electron chi connectivity index (χ2n) is 5.71. The summed E-state index contributed by atoms with van der Waals surface area (Å²) >= 11 is 0. The summed E-state index contributed by atoms with van der Waals surface area (Å²) in [5, 5.41) is 9.87. The van der Waals surface area contributed by atoms with Crippen molar-refractivity contribution in [3.05, 3.63) is 18.0 Å². The van der Waals surface area contributed by atoms with Gasteiger partial charge >= 0.3 is 0 Å². The molecule has 0 aromatic carbocycles. The van der Waals surface area contributed by atoms with Gasteiger partial charge in [0.1, 0.15) is 5.69 Å². The number of hydrogen-bond acceptors (Lipinski definition) is 4. The number of β-amino-alcohol motifs (C(OH)–C–C–N with tert-alkyl or cyclic N) is 1. The summed E-state index contributed by atoms with van der Waals surface area (Å²) in [7, 11) is 3.94. The lowest BCUT2D eigenvalue weighted by Crippen LogP contribution is -2.42. The number of nitrogen functional groups attached to an aromatic ring is 1. The van der Waals surface area contributed by atoms with E-state index in [1.54, 1.807) is 17.2 Å². The van der Waals surface area contributed by atoms with E-state index in [0.29, 0.717) is 30.9 Å². The Balaban J connectivity index is 2.21. The van der Waals surface area contributed by atoms with Gasteiger partial charge in [0, 0.05) is 31.9 Å². The quantitative estimate of drug-likeness (QED) is 0.828. The van der Waals surface area contributed by atoms with Crippen molar-refractivity contribution in [1.82, 2.24) is 14.4 Å². The number of anilines is 1. The first-order valence-electron chi connectivity index (χ1n) is 7.01. The van der Waals surface area contributed by atoms with Crippen molar-refractivity contribution in [1.29, 1.82) is 0 Å². The maximum absolute atomic E-state index is 12.7. The molecule has 1 aromatic rings. The van der Waals surface area contributed by atoms with Gasteiger partial charge in [-0.2, -0.15) is 0 Å². The van der Waals surface area contributed by atoms with Crippen LogP contribution in [0, 0.1) is 0 Å². The van der Waals surface area contributed by atoms with Crippen molar-refractivity contribution in [3.8, 4) is 0 Å². The average molecular weight is 280 g/mol. The highest BCUT2D eigenvalue weighted by molar-refractivity contribution is 5.94. The molecule has 0 aliphatic carbocycles. The number of rotatable bonds is 4. The molecule has 0 saturated carbocycles. The summed E-state index contributed by atoms with van der Waals surface area (Å²) in [5.41, 5.74) is 6.98. The third kappa shape index (κ3) is 2.96. The first kappa shape index (κ1) is 14.9. The van der Waals surface area contributed by atoms with Gasteiger partial charge in [-0.05, 0) is 33.5 Å². The van der Waals surface area contributed by atoms with Crippen LogP contribution >= 0.6 is 0 Å². The van der Waals surface area contributed by atoms with Crippen LogP contribution in [0.1, 0.15) is 23.8 Å². The maximum Gasteiger partial charge on any atom is 0.270 e. The number of carbonyl (C=O) groups excluding carboxylic acids is 1. The fourth-order valence-electron chi connectivity index (χ4n) is 2.86. The van der Waals surface area contributed by atoms with Crippen LogP contribution in [0.5, 0.6) is 0 Å². The monoisotopic (exact) mass is 280 g/mol. The molecule has 6 nitrogen and oxygen atoms in total. The molecule has 3 N–H and O–H groups in total. The molecule has 2 heterocycles. The number of likely N-dealkylation sites (N-methyl/N-ethyl adjacent to an activating group) is 1. The normalized spacial score (nSPS) is 22.8. The molecular formula is C14H24N4O2. The molecule has 0 spiro atoms. The van der Waals surface area contributed by atoms with Crippen LogP contribution in [0.2, 0.25) is 0 Å². The molecule has 1 fully saturated rings. The number of likely N-dealkylation sites (tertiary alicyclic amines) is 1. The molecule has 1 aliphatic rings. The molecule has 0 radical (unpaired) electrons. The van der Waals surface area contributed by atoms with Crippen LogP contribution in [-0.4, -0.2) is 64.7 Å². The minimum Gasteiger partial charge on any atom is -0.397 e. The molecule has 2 unspecified atom stereocenters. The summed E-state index contributed by atoms with van der Waals surface area (Å²) < 4.78 is 1.86. The van der Waals surface area contributed by atoms with Gasteiger partial charge < -0.3 is 25.2 Å². The van der Waals surface area contributed by atoms with Crippen LogP contribution in [-0.2, 0) is 6.54 Å². The third-order valence-electron chi connectivity index (χ3n) is 3.71. The van der Waals surface area contributed by atoms with Crippen molar-refractivity contribution in [2.75, 3.05) is 32.9 Å². The van der Waals surface area contributed by atoms with Gasteiger partial charge in [0.2, 0.25) is 0 Å². The van der Waals surface area contributed by atoms with Crippen LogP contribution in [0.15, 0.2) is 12.3 Å². The third-order valence-corrected chi connectivity index (χ3v) is 3.71. The lowest BCUT2D eigenvalue weighted by atomic mass is 10.2. The number of aliphatic hydroxyl groups is 1. The van der Waals surface area contributed by atoms with Gasteiger partial charge in [-0.1, -0.05) is 0 Å². The Hall–Kier alpha value is -1.53. The zero-order valence-electron chi connectivity index (χ0n) is 12.4. The van der Waals surface area contributed by atoms with Crippen LogP contribution < -0.4 is 5.73 Å². The summed E-state index contributed by atoms with van der Waals surface area (Å²) in [5.74, 6) is -0.0491. The molecular weight excluding hydrogens is 256 g/mol. The van der Waals surface area contributed by atoms with E-state index in [-0.39, 0.29) is 11.9 Å². The van der Waals surface area contributed by atoms with E-state index in [4.69, 9.17) is 5.73 Å². The molecule has 112 valence electrons. The predicted molar refractivity (Wildman–Crippen MR) is 78.5 cm³/mol. The second-order valence-corrected chi connectivity index (χ2v) is 5.71. The standard InChI is InChI=1S/C14H24N4O2/c1-4-17-7-10(15)5-13(17)14(20)18-9-12(19)6-11(18)8-16(2)3/h5,7,11-12,19H,4,6,8-9,15H2,1-3H3.